The van der Waals surface area contributed by atoms with E-state index in [9.17, 15) is 4.79 Å². The maximum Gasteiger partial charge on any atom is 0.260 e. The molecular formula is C20H29N3O2. The molecule has 1 aliphatic carbocycles. The molecule has 1 aromatic carbocycles. The fourth-order valence-corrected chi connectivity index (χ4v) is 3.92. The van der Waals surface area contributed by atoms with Crippen molar-refractivity contribution in [1.29, 1.82) is 0 Å². The lowest BCUT2D eigenvalue weighted by Crippen LogP contribution is -2.47. The van der Waals surface area contributed by atoms with Gasteiger partial charge in [0, 0.05) is 7.05 Å². The van der Waals surface area contributed by atoms with Crippen LogP contribution in [0, 0.1) is 19.8 Å². The average molecular weight is 343 g/mol. The molecule has 1 aromatic rings. The van der Waals surface area contributed by atoms with Crippen molar-refractivity contribution < 1.29 is 9.53 Å². The Morgan fingerprint density at radius 1 is 1.24 bits per heavy atom. The zero-order chi connectivity index (χ0) is 18.0. The Hall–Kier alpha value is -2.04. The lowest BCUT2D eigenvalue weighted by Gasteiger charge is -2.31. The molecule has 0 spiro atoms. The van der Waals surface area contributed by atoms with Crippen molar-refractivity contribution in [3.63, 3.8) is 0 Å². The first-order valence-electron chi connectivity index (χ1n) is 9.25. The Kier molecular flexibility index (Phi) is 5.02. The minimum Gasteiger partial charge on any atom is -0.490 e. The monoisotopic (exact) mass is 343 g/mol. The van der Waals surface area contributed by atoms with E-state index in [0.29, 0.717) is 11.9 Å². The van der Waals surface area contributed by atoms with E-state index in [-0.39, 0.29) is 12.5 Å². The van der Waals surface area contributed by atoms with Gasteiger partial charge < -0.3 is 10.5 Å². The first kappa shape index (κ1) is 17.8. The molecule has 1 saturated carbocycles. The van der Waals surface area contributed by atoms with Crippen molar-refractivity contribution in [1.82, 2.24) is 4.90 Å². The quantitative estimate of drug-likeness (QED) is 0.893. The molecule has 136 valence electrons. The Labute approximate surface area is 150 Å². The molecule has 0 saturated heterocycles. The van der Waals surface area contributed by atoms with Crippen LogP contribution in [0.3, 0.4) is 0 Å². The van der Waals surface area contributed by atoms with Crippen LogP contribution >= 0.6 is 0 Å². The Balaban J connectivity index is 1.79. The third kappa shape index (κ3) is 3.65. The predicted octanol–water partition coefficient (Wildman–Crippen LogP) is 3.18. The van der Waals surface area contributed by atoms with E-state index in [1.165, 1.54) is 35.3 Å². The molecule has 5 heteroatoms. The Morgan fingerprint density at radius 3 is 2.56 bits per heavy atom. The number of hydrogen-bond acceptors (Lipinski definition) is 4. The number of nitrogens with two attached hydrogens (primary N) is 1. The van der Waals surface area contributed by atoms with Crippen LogP contribution in [0.1, 0.15) is 49.7 Å². The largest absolute Gasteiger partial charge is 0.490 e. The summed E-state index contributed by atoms with van der Waals surface area (Å²) in [4.78, 5) is 18.9. The van der Waals surface area contributed by atoms with Crippen LogP contribution in [0.15, 0.2) is 23.2 Å². The summed E-state index contributed by atoms with van der Waals surface area (Å²) in [6.45, 7) is 4.38. The van der Waals surface area contributed by atoms with E-state index >= 15 is 0 Å². The predicted molar refractivity (Wildman–Crippen MR) is 99.7 cm³/mol. The number of benzene rings is 1. The molecule has 3 rings (SSSR count). The van der Waals surface area contributed by atoms with Crippen molar-refractivity contribution in [2.75, 3.05) is 13.7 Å². The number of hydrogen-bond donors (Lipinski definition) is 1. The first-order chi connectivity index (χ1) is 11.9. The zero-order valence-electron chi connectivity index (χ0n) is 15.5. The van der Waals surface area contributed by atoms with Crippen LogP contribution in [-0.2, 0) is 4.79 Å². The van der Waals surface area contributed by atoms with Crippen LogP contribution in [0.2, 0.25) is 0 Å². The molecule has 1 heterocycles. The zero-order valence-corrected chi connectivity index (χ0v) is 15.5. The molecule has 1 aliphatic heterocycles. The highest BCUT2D eigenvalue weighted by molar-refractivity contribution is 6.06. The topological polar surface area (TPSA) is 67.9 Å². The van der Waals surface area contributed by atoms with Crippen LogP contribution in [0.5, 0.6) is 5.75 Å². The number of ether oxygens (including phenoxy) is 1. The van der Waals surface area contributed by atoms with Gasteiger partial charge in [0.15, 0.2) is 11.5 Å². The second-order valence-corrected chi connectivity index (χ2v) is 7.61. The van der Waals surface area contributed by atoms with Crippen LogP contribution < -0.4 is 10.5 Å². The second kappa shape index (κ2) is 7.06. The molecular weight excluding hydrogens is 314 g/mol. The molecule has 1 fully saturated rings. The summed E-state index contributed by atoms with van der Waals surface area (Å²) in [6.07, 6.45) is 6.82. The summed E-state index contributed by atoms with van der Waals surface area (Å²) < 4.78 is 6.03. The minimum atomic E-state index is -0.875. The lowest BCUT2D eigenvalue weighted by atomic mass is 9.79. The van der Waals surface area contributed by atoms with E-state index in [4.69, 9.17) is 10.5 Å². The first-order valence-corrected chi connectivity index (χ1v) is 9.25. The van der Waals surface area contributed by atoms with Gasteiger partial charge in [0.2, 0.25) is 0 Å². The summed E-state index contributed by atoms with van der Waals surface area (Å²) in [6, 6.07) is 6.01. The summed E-state index contributed by atoms with van der Waals surface area (Å²) in [5, 5.41) is 0. The van der Waals surface area contributed by atoms with Gasteiger partial charge in [0.1, 0.15) is 12.4 Å². The minimum absolute atomic E-state index is 0.0422. The van der Waals surface area contributed by atoms with Crippen molar-refractivity contribution in [2.24, 2.45) is 16.6 Å². The summed E-state index contributed by atoms with van der Waals surface area (Å²) in [7, 11) is 1.69. The number of likely N-dealkylation sites (N-methyl/N-ethyl adjacent to an activating group) is 1. The van der Waals surface area contributed by atoms with Gasteiger partial charge in [-0.2, -0.15) is 0 Å². The van der Waals surface area contributed by atoms with Crippen molar-refractivity contribution in [3.8, 4) is 5.75 Å². The van der Waals surface area contributed by atoms with Crippen molar-refractivity contribution in [3.05, 3.63) is 29.3 Å². The Morgan fingerprint density at radius 2 is 1.96 bits per heavy atom. The number of carbonyl (C=O) groups is 1. The number of nitrogens with zero attached hydrogens (tertiary/aromatic N) is 2. The molecule has 25 heavy (non-hydrogen) atoms. The van der Waals surface area contributed by atoms with E-state index in [1.807, 2.05) is 18.2 Å². The SMILES string of the molecule is Cc1ccc(OC[C@]2(CC3CCCCC3)N=C(N)N(C)C2=O)cc1C. The van der Waals surface area contributed by atoms with E-state index in [2.05, 4.69) is 18.8 Å². The Bertz CT molecular complexity index is 680. The molecule has 5 nitrogen and oxygen atoms in total. The normalized spacial score (nSPS) is 24.5. The molecule has 2 N–H and O–H groups in total. The standard InChI is InChI=1S/C20H29N3O2/c1-14-9-10-17(11-15(14)2)25-13-20(12-16-7-5-4-6-8-16)18(24)23(3)19(21)22-20/h9-11,16H,4-8,12-13H2,1-3H3,(H2,21,22)/t20-/m0/s1. The van der Waals surface area contributed by atoms with Crippen molar-refractivity contribution in [2.45, 2.75) is 57.9 Å². The van der Waals surface area contributed by atoms with Gasteiger partial charge in [0.25, 0.3) is 5.91 Å². The number of carbonyl (C=O) groups excluding carboxylic acids is 1. The van der Waals surface area contributed by atoms with E-state index < -0.39 is 5.54 Å². The van der Waals surface area contributed by atoms with E-state index in [1.54, 1.807) is 7.05 Å². The lowest BCUT2D eigenvalue weighted by molar-refractivity contribution is -0.132. The van der Waals surface area contributed by atoms with Crippen LogP contribution in [0.25, 0.3) is 0 Å². The average Bonchev–Trinajstić information content (AvgIpc) is 2.81. The number of rotatable bonds is 5. The van der Waals surface area contributed by atoms with Gasteiger partial charge in [0.05, 0.1) is 0 Å². The smallest absolute Gasteiger partial charge is 0.260 e. The molecule has 0 bridgehead atoms. The van der Waals surface area contributed by atoms with E-state index in [0.717, 1.165) is 25.0 Å². The van der Waals surface area contributed by atoms with Gasteiger partial charge in [-0.3, -0.25) is 9.69 Å². The highest BCUT2D eigenvalue weighted by atomic mass is 16.5. The highest BCUT2D eigenvalue weighted by Gasteiger charge is 2.48. The molecule has 0 aromatic heterocycles. The molecule has 1 amide bonds. The second-order valence-electron chi connectivity index (χ2n) is 7.61. The van der Waals surface area contributed by atoms with Gasteiger partial charge >= 0.3 is 0 Å². The summed E-state index contributed by atoms with van der Waals surface area (Å²) in [5.41, 5.74) is 7.49. The van der Waals surface area contributed by atoms with Crippen molar-refractivity contribution >= 4 is 11.9 Å². The van der Waals surface area contributed by atoms with Gasteiger partial charge in [-0.05, 0) is 49.4 Å². The van der Waals surface area contributed by atoms with Crippen LogP contribution in [-0.4, -0.2) is 36.0 Å². The maximum atomic E-state index is 12.9. The van der Waals surface area contributed by atoms with Gasteiger partial charge in [-0.15, -0.1) is 0 Å². The summed E-state index contributed by atoms with van der Waals surface area (Å²) >= 11 is 0. The third-order valence-corrected chi connectivity index (χ3v) is 5.68. The molecule has 0 unspecified atom stereocenters. The summed E-state index contributed by atoms with van der Waals surface area (Å²) in [5.74, 6) is 1.55. The fraction of sp³-hybridized carbons (Fsp3) is 0.600. The van der Waals surface area contributed by atoms with Crippen LogP contribution in [0.4, 0.5) is 0 Å². The number of aryl methyl sites for hydroxylation is 2. The molecule has 0 radical (unpaired) electrons. The fourth-order valence-electron chi connectivity index (χ4n) is 3.92. The maximum absolute atomic E-state index is 12.9. The molecule has 1 atom stereocenters. The number of amides is 1. The van der Waals surface area contributed by atoms with Gasteiger partial charge in [-0.25, -0.2) is 4.99 Å². The third-order valence-electron chi connectivity index (χ3n) is 5.68. The number of aliphatic imine (C=N–C) groups is 1. The molecule has 2 aliphatic rings. The highest BCUT2D eigenvalue weighted by Crippen LogP contribution is 2.36. The number of guanidine groups is 1. The van der Waals surface area contributed by atoms with Gasteiger partial charge in [-0.1, -0.05) is 38.2 Å².